The highest BCUT2D eigenvalue weighted by molar-refractivity contribution is 5.50. The van der Waals surface area contributed by atoms with Crippen molar-refractivity contribution < 1.29 is 24.2 Å². The highest BCUT2D eigenvalue weighted by Gasteiger charge is 2.16. The third-order valence-electron chi connectivity index (χ3n) is 2.65. The molecule has 21 heavy (non-hydrogen) atoms. The summed E-state index contributed by atoms with van der Waals surface area (Å²) in [4.78, 5) is 10.3. The Morgan fingerprint density at radius 2 is 2.19 bits per heavy atom. The summed E-state index contributed by atoms with van der Waals surface area (Å²) in [6.07, 6.45) is -0.719. The van der Waals surface area contributed by atoms with Gasteiger partial charge >= 0.3 is 5.69 Å². The maximum Gasteiger partial charge on any atom is 0.314 e. The van der Waals surface area contributed by atoms with E-state index in [-0.39, 0.29) is 18.0 Å². The van der Waals surface area contributed by atoms with Crippen molar-refractivity contribution in [3.05, 3.63) is 28.3 Å². The molecule has 1 atom stereocenters. The highest BCUT2D eigenvalue weighted by Crippen LogP contribution is 2.30. The van der Waals surface area contributed by atoms with Gasteiger partial charge in [-0.05, 0) is 12.1 Å². The van der Waals surface area contributed by atoms with Crippen molar-refractivity contribution in [2.75, 3.05) is 40.5 Å². The van der Waals surface area contributed by atoms with Gasteiger partial charge in [0.2, 0.25) is 0 Å². The molecule has 0 heterocycles. The van der Waals surface area contributed by atoms with Gasteiger partial charge in [-0.1, -0.05) is 0 Å². The van der Waals surface area contributed by atoms with Crippen LogP contribution in [-0.4, -0.2) is 56.7 Å². The topological polar surface area (TPSA) is 103 Å². The lowest BCUT2D eigenvalue weighted by Crippen LogP contribution is -2.33. The normalized spacial score (nSPS) is 12.0. The Morgan fingerprint density at radius 1 is 1.43 bits per heavy atom. The van der Waals surface area contributed by atoms with Crippen LogP contribution in [0, 0.1) is 10.1 Å². The fraction of sp³-hybridized carbons (Fsp3) is 0.538. The number of rotatable bonds is 10. The lowest BCUT2D eigenvalue weighted by atomic mass is 10.3. The number of nitro benzene ring substituents is 1. The van der Waals surface area contributed by atoms with Gasteiger partial charge in [-0.3, -0.25) is 10.1 Å². The summed E-state index contributed by atoms with van der Waals surface area (Å²) < 4.78 is 15.1. The molecule has 1 aromatic carbocycles. The van der Waals surface area contributed by atoms with E-state index >= 15 is 0 Å². The Labute approximate surface area is 122 Å². The highest BCUT2D eigenvalue weighted by atomic mass is 16.6. The number of methoxy groups -OCH3 is 2. The van der Waals surface area contributed by atoms with E-state index < -0.39 is 11.0 Å². The minimum Gasteiger partial charge on any atom is -0.491 e. The predicted octanol–water partition coefficient (Wildman–Crippen LogP) is 0.579. The maximum absolute atomic E-state index is 10.9. The van der Waals surface area contributed by atoms with Crippen molar-refractivity contribution in [3.8, 4) is 11.5 Å². The van der Waals surface area contributed by atoms with Gasteiger partial charge in [-0.25, -0.2) is 0 Å². The summed E-state index contributed by atoms with van der Waals surface area (Å²) >= 11 is 0. The van der Waals surface area contributed by atoms with Gasteiger partial charge in [0, 0.05) is 20.2 Å². The van der Waals surface area contributed by atoms with Crippen LogP contribution in [0.5, 0.6) is 11.5 Å². The van der Waals surface area contributed by atoms with E-state index in [4.69, 9.17) is 14.2 Å². The van der Waals surface area contributed by atoms with Crippen LogP contribution in [-0.2, 0) is 4.74 Å². The van der Waals surface area contributed by atoms with E-state index in [0.717, 1.165) is 0 Å². The monoisotopic (exact) mass is 300 g/mol. The molecule has 0 saturated carbocycles. The molecule has 1 rings (SSSR count). The summed E-state index contributed by atoms with van der Waals surface area (Å²) in [5, 5.41) is 23.6. The molecule has 0 aliphatic rings. The zero-order valence-corrected chi connectivity index (χ0v) is 12.1. The van der Waals surface area contributed by atoms with Crippen LogP contribution >= 0.6 is 0 Å². The Balaban J connectivity index is 2.48. The molecule has 118 valence electrons. The molecule has 0 aliphatic carbocycles. The van der Waals surface area contributed by atoms with Gasteiger partial charge in [-0.2, -0.15) is 0 Å². The van der Waals surface area contributed by atoms with Crippen molar-refractivity contribution in [2.45, 2.75) is 6.10 Å². The van der Waals surface area contributed by atoms with Crippen molar-refractivity contribution in [1.82, 2.24) is 5.32 Å². The van der Waals surface area contributed by atoms with Gasteiger partial charge in [-0.15, -0.1) is 0 Å². The second kappa shape index (κ2) is 9.11. The van der Waals surface area contributed by atoms with E-state index in [0.29, 0.717) is 25.4 Å². The number of nitrogens with one attached hydrogen (secondary N) is 1. The van der Waals surface area contributed by atoms with E-state index in [2.05, 4.69) is 5.32 Å². The fourth-order valence-corrected chi connectivity index (χ4v) is 1.60. The minimum absolute atomic E-state index is 0.0312. The minimum atomic E-state index is -0.719. The molecule has 0 fully saturated rings. The molecule has 2 N–H and O–H groups in total. The average molecular weight is 300 g/mol. The quantitative estimate of drug-likeness (QED) is 0.370. The summed E-state index contributed by atoms with van der Waals surface area (Å²) in [5.41, 5.74) is -0.178. The smallest absolute Gasteiger partial charge is 0.314 e. The Morgan fingerprint density at radius 3 is 2.81 bits per heavy atom. The Hall–Kier alpha value is -1.90. The number of hydrogen-bond donors (Lipinski definition) is 2. The van der Waals surface area contributed by atoms with Crippen LogP contribution in [0.1, 0.15) is 0 Å². The van der Waals surface area contributed by atoms with Crippen molar-refractivity contribution in [3.63, 3.8) is 0 Å². The molecule has 1 aromatic rings. The van der Waals surface area contributed by atoms with E-state index in [9.17, 15) is 15.2 Å². The van der Waals surface area contributed by atoms with Crippen molar-refractivity contribution >= 4 is 5.69 Å². The third kappa shape index (κ3) is 5.94. The largest absolute Gasteiger partial charge is 0.491 e. The van der Waals surface area contributed by atoms with Gasteiger partial charge in [0.15, 0.2) is 5.75 Å². The number of hydrogen-bond acceptors (Lipinski definition) is 7. The van der Waals surface area contributed by atoms with Gasteiger partial charge in [0.1, 0.15) is 18.5 Å². The van der Waals surface area contributed by atoms with E-state index in [1.54, 1.807) is 13.2 Å². The molecule has 0 spiro atoms. The zero-order chi connectivity index (χ0) is 15.7. The summed E-state index contributed by atoms with van der Waals surface area (Å²) in [6.45, 7) is 1.56. The standard InChI is InChI=1S/C13H20N2O6/c1-19-6-5-14-8-10(16)9-21-11-3-4-13(20-2)12(7-11)15(17)18/h3-4,7,10,14,16H,5-6,8-9H2,1-2H3. The van der Waals surface area contributed by atoms with Gasteiger partial charge in [0.05, 0.1) is 24.7 Å². The lowest BCUT2D eigenvalue weighted by Gasteiger charge is -2.13. The summed E-state index contributed by atoms with van der Waals surface area (Å²) in [7, 11) is 2.95. The van der Waals surface area contributed by atoms with Crippen LogP contribution in [0.25, 0.3) is 0 Å². The molecule has 0 saturated heterocycles. The third-order valence-corrected chi connectivity index (χ3v) is 2.65. The number of aliphatic hydroxyl groups is 1. The lowest BCUT2D eigenvalue weighted by molar-refractivity contribution is -0.385. The number of nitro groups is 1. The molecule has 8 nitrogen and oxygen atoms in total. The van der Waals surface area contributed by atoms with Crippen LogP contribution < -0.4 is 14.8 Å². The Kier molecular flexibility index (Phi) is 7.44. The van der Waals surface area contributed by atoms with Crippen molar-refractivity contribution in [2.24, 2.45) is 0 Å². The molecule has 0 amide bonds. The molecular formula is C13H20N2O6. The molecule has 0 bridgehead atoms. The van der Waals surface area contributed by atoms with E-state index in [1.807, 2.05) is 0 Å². The van der Waals surface area contributed by atoms with Gasteiger partial charge < -0.3 is 24.6 Å². The second-order valence-corrected chi connectivity index (χ2v) is 4.25. The zero-order valence-electron chi connectivity index (χ0n) is 12.1. The van der Waals surface area contributed by atoms with Crippen LogP contribution in [0.15, 0.2) is 18.2 Å². The van der Waals surface area contributed by atoms with Gasteiger partial charge in [0.25, 0.3) is 0 Å². The molecule has 0 aromatic heterocycles. The SMILES string of the molecule is COCCNCC(O)COc1ccc(OC)c([N+](=O)[O-])c1. The number of aliphatic hydroxyl groups excluding tert-OH is 1. The van der Waals surface area contributed by atoms with Crippen LogP contribution in [0.4, 0.5) is 5.69 Å². The first-order chi connectivity index (χ1) is 10.1. The number of ether oxygens (including phenoxy) is 3. The molecule has 1 unspecified atom stereocenters. The molecule has 8 heteroatoms. The average Bonchev–Trinajstić information content (AvgIpc) is 2.49. The Bertz CT molecular complexity index is 454. The fourth-order valence-electron chi connectivity index (χ4n) is 1.60. The van der Waals surface area contributed by atoms with Crippen LogP contribution in [0.3, 0.4) is 0 Å². The first kappa shape index (κ1) is 17.2. The molecular weight excluding hydrogens is 280 g/mol. The summed E-state index contributed by atoms with van der Waals surface area (Å²) in [6, 6.07) is 4.28. The predicted molar refractivity (Wildman–Crippen MR) is 75.9 cm³/mol. The van der Waals surface area contributed by atoms with Crippen molar-refractivity contribution in [1.29, 1.82) is 0 Å². The number of benzene rings is 1. The molecule has 0 radical (unpaired) electrons. The second-order valence-electron chi connectivity index (χ2n) is 4.25. The summed E-state index contributed by atoms with van der Waals surface area (Å²) in [5.74, 6) is 0.465. The first-order valence-electron chi connectivity index (χ1n) is 6.41. The van der Waals surface area contributed by atoms with E-state index in [1.165, 1.54) is 19.2 Å². The first-order valence-corrected chi connectivity index (χ1v) is 6.41. The maximum atomic E-state index is 10.9. The number of nitrogens with zero attached hydrogens (tertiary/aromatic N) is 1. The molecule has 0 aliphatic heterocycles. The van der Waals surface area contributed by atoms with Crippen LogP contribution in [0.2, 0.25) is 0 Å².